The van der Waals surface area contributed by atoms with Gasteiger partial charge in [0.05, 0.1) is 4.92 Å². The SMILES string of the molecule is CC(C)(C)c1ccc2cc([N+](=O)[O-])ccc2c1. The second kappa shape index (κ2) is 3.84. The third-order valence-corrected chi connectivity index (χ3v) is 2.90. The van der Waals surface area contributed by atoms with Crippen molar-refractivity contribution in [3.63, 3.8) is 0 Å². The van der Waals surface area contributed by atoms with Crippen molar-refractivity contribution in [2.45, 2.75) is 26.2 Å². The maximum Gasteiger partial charge on any atom is 0.270 e. The van der Waals surface area contributed by atoms with Crippen LogP contribution < -0.4 is 0 Å². The summed E-state index contributed by atoms with van der Waals surface area (Å²) in [5, 5.41) is 12.6. The molecular formula is C14H15NO2. The van der Waals surface area contributed by atoms with Crippen LogP contribution in [0.4, 0.5) is 5.69 Å². The molecule has 2 aromatic carbocycles. The summed E-state index contributed by atoms with van der Waals surface area (Å²) in [6, 6.07) is 11.0. The molecule has 88 valence electrons. The topological polar surface area (TPSA) is 43.1 Å². The maximum atomic E-state index is 10.7. The lowest BCUT2D eigenvalue weighted by Crippen LogP contribution is -2.10. The quantitative estimate of drug-likeness (QED) is 0.547. The number of hydrogen-bond donors (Lipinski definition) is 0. The van der Waals surface area contributed by atoms with E-state index in [2.05, 4.69) is 26.8 Å². The predicted octanol–water partition coefficient (Wildman–Crippen LogP) is 4.05. The zero-order valence-corrected chi connectivity index (χ0v) is 10.2. The normalized spacial score (nSPS) is 11.7. The molecule has 0 saturated heterocycles. The largest absolute Gasteiger partial charge is 0.270 e. The summed E-state index contributed by atoms with van der Waals surface area (Å²) in [4.78, 5) is 10.3. The van der Waals surface area contributed by atoms with Crippen molar-refractivity contribution >= 4 is 16.5 Å². The van der Waals surface area contributed by atoms with E-state index in [1.807, 2.05) is 18.2 Å². The van der Waals surface area contributed by atoms with Gasteiger partial charge in [0.1, 0.15) is 0 Å². The van der Waals surface area contributed by atoms with Gasteiger partial charge in [0.15, 0.2) is 0 Å². The first-order valence-electron chi connectivity index (χ1n) is 5.56. The van der Waals surface area contributed by atoms with E-state index in [0.29, 0.717) is 0 Å². The summed E-state index contributed by atoms with van der Waals surface area (Å²) in [6.07, 6.45) is 0. The van der Waals surface area contributed by atoms with Crippen LogP contribution in [0.3, 0.4) is 0 Å². The highest BCUT2D eigenvalue weighted by Gasteiger charge is 2.14. The molecule has 2 aromatic rings. The van der Waals surface area contributed by atoms with Crippen LogP contribution in [-0.2, 0) is 5.41 Å². The van der Waals surface area contributed by atoms with Gasteiger partial charge in [-0.15, -0.1) is 0 Å². The van der Waals surface area contributed by atoms with E-state index in [9.17, 15) is 10.1 Å². The zero-order chi connectivity index (χ0) is 12.6. The van der Waals surface area contributed by atoms with E-state index in [4.69, 9.17) is 0 Å². The number of non-ortho nitro benzene ring substituents is 1. The summed E-state index contributed by atoms with van der Waals surface area (Å²) in [5.41, 5.74) is 1.47. The summed E-state index contributed by atoms with van der Waals surface area (Å²) < 4.78 is 0. The highest BCUT2D eigenvalue weighted by atomic mass is 16.6. The molecule has 0 fully saturated rings. The summed E-state index contributed by atoms with van der Waals surface area (Å²) >= 11 is 0. The van der Waals surface area contributed by atoms with Crippen LogP contribution in [0.1, 0.15) is 26.3 Å². The van der Waals surface area contributed by atoms with Crippen LogP contribution in [0.25, 0.3) is 10.8 Å². The Morgan fingerprint density at radius 3 is 2.18 bits per heavy atom. The minimum atomic E-state index is -0.364. The van der Waals surface area contributed by atoms with Crippen molar-refractivity contribution in [1.82, 2.24) is 0 Å². The Balaban J connectivity index is 2.58. The van der Waals surface area contributed by atoms with Gasteiger partial charge in [-0.05, 0) is 27.8 Å². The predicted molar refractivity (Wildman–Crippen MR) is 69.3 cm³/mol. The zero-order valence-electron chi connectivity index (χ0n) is 10.2. The molecule has 0 spiro atoms. The average molecular weight is 229 g/mol. The smallest absolute Gasteiger partial charge is 0.258 e. The summed E-state index contributed by atoms with van der Waals surface area (Å²) in [5.74, 6) is 0. The molecule has 0 heterocycles. The number of rotatable bonds is 1. The van der Waals surface area contributed by atoms with Crippen molar-refractivity contribution in [1.29, 1.82) is 0 Å². The lowest BCUT2D eigenvalue weighted by atomic mass is 9.86. The van der Waals surface area contributed by atoms with Gasteiger partial charge in [-0.3, -0.25) is 10.1 Å². The van der Waals surface area contributed by atoms with E-state index >= 15 is 0 Å². The fourth-order valence-corrected chi connectivity index (χ4v) is 1.81. The van der Waals surface area contributed by atoms with Gasteiger partial charge >= 0.3 is 0 Å². The fraction of sp³-hybridized carbons (Fsp3) is 0.286. The molecule has 0 unspecified atom stereocenters. The van der Waals surface area contributed by atoms with Crippen molar-refractivity contribution in [2.75, 3.05) is 0 Å². The van der Waals surface area contributed by atoms with Crippen LogP contribution in [0, 0.1) is 10.1 Å². The van der Waals surface area contributed by atoms with E-state index in [1.54, 1.807) is 12.1 Å². The van der Waals surface area contributed by atoms with Crippen LogP contribution in [0.15, 0.2) is 36.4 Å². The molecule has 0 aliphatic carbocycles. The highest BCUT2D eigenvalue weighted by molar-refractivity contribution is 5.85. The second-order valence-corrected chi connectivity index (χ2v) is 5.25. The molecule has 0 N–H and O–H groups in total. The summed E-state index contributed by atoms with van der Waals surface area (Å²) in [7, 11) is 0. The number of nitrogens with zero attached hydrogens (tertiary/aromatic N) is 1. The third kappa shape index (κ3) is 2.28. The highest BCUT2D eigenvalue weighted by Crippen LogP contribution is 2.27. The molecule has 0 amide bonds. The Hall–Kier alpha value is -1.90. The Labute approximate surface area is 100 Å². The summed E-state index contributed by atoms with van der Waals surface area (Å²) in [6.45, 7) is 6.46. The third-order valence-electron chi connectivity index (χ3n) is 2.90. The van der Waals surface area contributed by atoms with Gasteiger partial charge in [-0.2, -0.15) is 0 Å². The molecular weight excluding hydrogens is 214 g/mol. The Kier molecular flexibility index (Phi) is 2.62. The lowest BCUT2D eigenvalue weighted by Gasteiger charge is -2.19. The van der Waals surface area contributed by atoms with Crippen molar-refractivity contribution < 1.29 is 4.92 Å². The number of hydrogen-bond acceptors (Lipinski definition) is 2. The molecule has 0 atom stereocenters. The number of nitro benzene ring substituents is 1. The van der Waals surface area contributed by atoms with Crippen LogP contribution in [0.2, 0.25) is 0 Å². The number of nitro groups is 1. The van der Waals surface area contributed by atoms with Gasteiger partial charge in [0.25, 0.3) is 5.69 Å². The molecule has 17 heavy (non-hydrogen) atoms. The van der Waals surface area contributed by atoms with E-state index < -0.39 is 0 Å². The molecule has 0 aliphatic rings. The van der Waals surface area contributed by atoms with Crippen LogP contribution >= 0.6 is 0 Å². The average Bonchev–Trinajstić information content (AvgIpc) is 2.26. The van der Waals surface area contributed by atoms with E-state index in [-0.39, 0.29) is 16.0 Å². The molecule has 3 heteroatoms. The molecule has 3 nitrogen and oxygen atoms in total. The number of benzene rings is 2. The molecule has 0 aromatic heterocycles. The first kappa shape index (κ1) is 11.6. The second-order valence-electron chi connectivity index (χ2n) is 5.25. The lowest BCUT2D eigenvalue weighted by molar-refractivity contribution is -0.384. The van der Waals surface area contributed by atoms with Gasteiger partial charge in [0.2, 0.25) is 0 Å². The van der Waals surface area contributed by atoms with Gasteiger partial charge in [-0.25, -0.2) is 0 Å². The minimum Gasteiger partial charge on any atom is -0.258 e. The van der Waals surface area contributed by atoms with Crippen LogP contribution in [0.5, 0.6) is 0 Å². The molecule has 0 radical (unpaired) electrons. The maximum absolute atomic E-state index is 10.7. The molecule has 0 bridgehead atoms. The van der Waals surface area contributed by atoms with Crippen LogP contribution in [-0.4, -0.2) is 4.92 Å². The van der Waals surface area contributed by atoms with E-state index in [0.717, 1.165) is 10.8 Å². The monoisotopic (exact) mass is 229 g/mol. The number of fused-ring (bicyclic) bond motifs is 1. The molecule has 0 aliphatic heterocycles. The standard InChI is InChI=1S/C14H15NO2/c1-14(2,3)12-6-4-11-9-13(15(16)17)7-5-10(11)8-12/h4-9H,1-3H3. The van der Waals surface area contributed by atoms with E-state index in [1.165, 1.54) is 5.56 Å². The van der Waals surface area contributed by atoms with Crippen molar-refractivity contribution in [3.8, 4) is 0 Å². The molecule has 2 rings (SSSR count). The van der Waals surface area contributed by atoms with Gasteiger partial charge in [0, 0.05) is 12.1 Å². The first-order chi connectivity index (χ1) is 7.88. The Morgan fingerprint density at radius 1 is 1.00 bits per heavy atom. The van der Waals surface area contributed by atoms with Gasteiger partial charge < -0.3 is 0 Å². The van der Waals surface area contributed by atoms with Crippen molar-refractivity contribution in [2.24, 2.45) is 0 Å². The van der Waals surface area contributed by atoms with Gasteiger partial charge in [-0.1, -0.05) is 39.0 Å². The first-order valence-corrected chi connectivity index (χ1v) is 5.56. The minimum absolute atomic E-state index is 0.0932. The fourth-order valence-electron chi connectivity index (χ4n) is 1.81. The molecule has 0 saturated carbocycles. The van der Waals surface area contributed by atoms with Crippen molar-refractivity contribution in [3.05, 3.63) is 52.1 Å². The Morgan fingerprint density at radius 2 is 1.59 bits per heavy atom. The Bertz CT molecular complexity index is 582.